The monoisotopic (exact) mass is 315 g/mol. The molecule has 0 aromatic heterocycles. The summed E-state index contributed by atoms with van der Waals surface area (Å²) in [7, 11) is 0. The molecule has 0 saturated carbocycles. The van der Waals surface area contributed by atoms with Crippen LogP contribution in [0, 0.1) is 0 Å². The summed E-state index contributed by atoms with van der Waals surface area (Å²) in [5.74, 6) is 0. The van der Waals surface area contributed by atoms with E-state index >= 15 is 0 Å². The quantitative estimate of drug-likeness (QED) is 0.910. The van der Waals surface area contributed by atoms with Gasteiger partial charge in [-0.15, -0.1) is 0 Å². The fraction of sp³-hybridized carbons (Fsp3) is 0.118. The van der Waals surface area contributed by atoms with E-state index in [1.54, 1.807) is 11.8 Å². The predicted molar refractivity (Wildman–Crippen MR) is 90.1 cm³/mol. The molecule has 0 aliphatic carbocycles. The van der Waals surface area contributed by atoms with Gasteiger partial charge in [0.25, 0.3) is 0 Å². The number of aliphatic hydroxyl groups is 1. The highest BCUT2D eigenvalue weighted by molar-refractivity contribution is 8.00. The number of aliphatic hydroxyl groups excluding tert-OH is 1. The van der Waals surface area contributed by atoms with E-state index in [4.69, 9.17) is 16.7 Å². The van der Waals surface area contributed by atoms with Gasteiger partial charge in [0.1, 0.15) is 5.37 Å². The Bertz CT molecular complexity index is 712. The molecule has 1 aliphatic rings. The number of benzene rings is 2. The molecule has 1 heterocycles. The van der Waals surface area contributed by atoms with Crippen LogP contribution in [-0.2, 0) is 6.61 Å². The summed E-state index contributed by atoms with van der Waals surface area (Å²) in [5.41, 5.74) is 3.05. The predicted octanol–water partition coefficient (Wildman–Crippen LogP) is 4.40. The molecule has 1 aliphatic heterocycles. The van der Waals surface area contributed by atoms with Crippen LogP contribution < -0.4 is 0 Å². The van der Waals surface area contributed by atoms with E-state index in [0.29, 0.717) is 0 Å². The highest BCUT2D eigenvalue weighted by Gasteiger charge is 2.13. The first-order chi connectivity index (χ1) is 10.2. The van der Waals surface area contributed by atoms with Crippen molar-refractivity contribution in [3.05, 3.63) is 70.3 Å². The van der Waals surface area contributed by atoms with Gasteiger partial charge >= 0.3 is 0 Å². The second kappa shape index (κ2) is 6.48. The lowest BCUT2D eigenvalue weighted by Crippen LogP contribution is -2.02. The SMILES string of the molecule is OCc1cccc(/C=C/C2N=Cc3cc(Cl)ccc3S2)c1. The van der Waals surface area contributed by atoms with E-state index < -0.39 is 0 Å². The maximum atomic E-state index is 9.15. The van der Waals surface area contributed by atoms with Gasteiger partial charge in [0.05, 0.1) is 6.61 Å². The second-order valence-corrected chi connectivity index (χ2v) is 6.33. The lowest BCUT2D eigenvalue weighted by atomic mass is 10.1. The highest BCUT2D eigenvalue weighted by atomic mass is 35.5. The molecule has 0 saturated heterocycles. The van der Waals surface area contributed by atoms with Gasteiger partial charge in [-0.25, -0.2) is 0 Å². The Morgan fingerprint density at radius 2 is 2.14 bits per heavy atom. The topological polar surface area (TPSA) is 32.6 Å². The summed E-state index contributed by atoms with van der Waals surface area (Å²) < 4.78 is 0. The van der Waals surface area contributed by atoms with Crippen molar-refractivity contribution < 1.29 is 5.11 Å². The van der Waals surface area contributed by atoms with Crippen molar-refractivity contribution >= 4 is 35.7 Å². The van der Waals surface area contributed by atoms with Gasteiger partial charge < -0.3 is 5.11 Å². The number of rotatable bonds is 3. The molecule has 106 valence electrons. The largest absolute Gasteiger partial charge is 0.392 e. The van der Waals surface area contributed by atoms with Crippen LogP contribution in [-0.4, -0.2) is 16.7 Å². The van der Waals surface area contributed by atoms with Gasteiger partial charge in [-0.2, -0.15) is 0 Å². The molecule has 2 aromatic carbocycles. The van der Waals surface area contributed by atoms with Crippen molar-refractivity contribution in [2.75, 3.05) is 0 Å². The zero-order valence-corrected chi connectivity index (χ0v) is 12.8. The van der Waals surface area contributed by atoms with Crippen LogP contribution in [0.4, 0.5) is 0 Å². The Morgan fingerprint density at radius 1 is 1.24 bits per heavy atom. The minimum atomic E-state index is 0.0617. The molecular formula is C17H14ClNOS. The Hall–Kier alpha value is -1.55. The second-order valence-electron chi connectivity index (χ2n) is 4.73. The zero-order chi connectivity index (χ0) is 14.7. The molecule has 0 amide bonds. The summed E-state index contributed by atoms with van der Waals surface area (Å²) >= 11 is 7.68. The normalized spacial score (nSPS) is 17.1. The Labute approximate surface area is 133 Å². The summed E-state index contributed by atoms with van der Waals surface area (Å²) in [4.78, 5) is 5.70. The van der Waals surface area contributed by atoms with Crippen molar-refractivity contribution in [3.8, 4) is 0 Å². The van der Waals surface area contributed by atoms with E-state index in [1.807, 2.05) is 54.8 Å². The summed E-state index contributed by atoms with van der Waals surface area (Å²) in [6, 6.07) is 13.7. The van der Waals surface area contributed by atoms with Gasteiger partial charge in [0, 0.05) is 21.7 Å². The van der Waals surface area contributed by atoms with Crippen molar-refractivity contribution in [2.24, 2.45) is 4.99 Å². The van der Waals surface area contributed by atoms with Crippen molar-refractivity contribution in [1.82, 2.24) is 0 Å². The van der Waals surface area contributed by atoms with Gasteiger partial charge in [-0.05, 0) is 41.5 Å². The first-order valence-corrected chi connectivity index (χ1v) is 7.88. The van der Waals surface area contributed by atoms with Crippen molar-refractivity contribution in [3.63, 3.8) is 0 Å². The minimum Gasteiger partial charge on any atom is -0.392 e. The van der Waals surface area contributed by atoms with Gasteiger partial charge in [-0.3, -0.25) is 4.99 Å². The number of hydrogen-bond donors (Lipinski definition) is 1. The fourth-order valence-corrected chi connectivity index (χ4v) is 3.23. The smallest absolute Gasteiger partial charge is 0.118 e. The number of aliphatic imine (C=N–C) groups is 1. The maximum absolute atomic E-state index is 9.15. The fourth-order valence-electron chi connectivity index (χ4n) is 2.12. The lowest BCUT2D eigenvalue weighted by Gasteiger charge is -2.15. The Balaban J connectivity index is 1.75. The molecule has 0 spiro atoms. The number of fused-ring (bicyclic) bond motifs is 1. The molecule has 2 nitrogen and oxygen atoms in total. The number of hydrogen-bond acceptors (Lipinski definition) is 3. The van der Waals surface area contributed by atoms with Crippen LogP contribution in [0.1, 0.15) is 16.7 Å². The third-order valence-corrected chi connectivity index (χ3v) is 4.55. The van der Waals surface area contributed by atoms with E-state index in [1.165, 1.54) is 4.90 Å². The summed E-state index contributed by atoms with van der Waals surface area (Å²) in [6.45, 7) is 0.0617. The molecular weight excluding hydrogens is 302 g/mol. The zero-order valence-electron chi connectivity index (χ0n) is 11.2. The molecule has 0 bridgehead atoms. The average Bonchev–Trinajstić information content (AvgIpc) is 2.53. The van der Waals surface area contributed by atoms with E-state index in [9.17, 15) is 0 Å². The third kappa shape index (κ3) is 3.56. The number of halogens is 1. The number of thioether (sulfide) groups is 1. The van der Waals surface area contributed by atoms with Crippen LogP contribution in [0.3, 0.4) is 0 Å². The molecule has 21 heavy (non-hydrogen) atoms. The van der Waals surface area contributed by atoms with Crippen LogP contribution in [0.5, 0.6) is 0 Å². The first kappa shape index (κ1) is 14.4. The van der Waals surface area contributed by atoms with Gasteiger partial charge in [0.2, 0.25) is 0 Å². The van der Waals surface area contributed by atoms with E-state index in [0.717, 1.165) is 21.7 Å². The molecule has 4 heteroatoms. The Morgan fingerprint density at radius 3 is 3.00 bits per heavy atom. The molecule has 1 unspecified atom stereocenters. The van der Waals surface area contributed by atoms with Gasteiger partial charge in [-0.1, -0.05) is 47.6 Å². The van der Waals surface area contributed by atoms with Crippen LogP contribution in [0.15, 0.2) is 58.4 Å². The van der Waals surface area contributed by atoms with Crippen LogP contribution in [0.2, 0.25) is 5.02 Å². The molecule has 2 aromatic rings. The van der Waals surface area contributed by atoms with Crippen LogP contribution >= 0.6 is 23.4 Å². The van der Waals surface area contributed by atoms with Crippen molar-refractivity contribution in [1.29, 1.82) is 0 Å². The standard InChI is InChI=1S/C17H14ClNOS/c18-15-5-6-16-14(9-15)10-19-17(21-16)7-4-12-2-1-3-13(8-12)11-20/h1-10,17,20H,11H2/b7-4+. The summed E-state index contributed by atoms with van der Waals surface area (Å²) in [5, 5.41) is 9.95. The molecule has 3 rings (SSSR count). The summed E-state index contributed by atoms with van der Waals surface area (Å²) in [6.07, 6.45) is 5.97. The highest BCUT2D eigenvalue weighted by Crippen LogP contribution is 2.33. The third-order valence-electron chi connectivity index (χ3n) is 3.17. The maximum Gasteiger partial charge on any atom is 0.118 e. The molecule has 0 fully saturated rings. The molecule has 1 atom stereocenters. The average molecular weight is 316 g/mol. The van der Waals surface area contributed by atoms with Gasteiger partial charge in [0.15, 0.2) is 0 Å². The Kier molecular flexibility index (Phi) is 4.44. The molecule has 1 N–H and O–H groups in total. The van der Waals surface area contributed by atoms with E-state index in [-0.39, 0.29) is 12.0 Å². The first-order valence-electron chi connectivity index (χ1n) is 6.62. The minimum absolute atomic E-state index is 0.0617. The van der Waals surface area contributed by atoms with E-state index in [2.05, 4.69) is 11.1 Å². The van der Waals surface area contributed by atoms with Crippen molar-refractivity contribution in [2.45, 2.75) is 16.9 Å². The lowest BCUT2D eigenvalue weighted by molar-refractivity contribution is 0.282. The van der Waals surface area contributed by atoms with Crippen LogP contribution in [0.25, 0.3) is 6.08 Å². The molecule has 0 radical (unpaired) electrons. The number of nitrogens with zero attached hydrogens (tertiary/aromatic N) is 1.